The molecule has 1 aliphatic heterocycles. The second kappa shape index (κ2) is 9.21. The Balaban J connectivity index is 0.00000240. The average Bonchev–Trinajstić information content (AvgIpc) is 3.29. The van der Waals surface area contributed by atoms with Crippen molar-refractivity contribution < 1.29 is 9.53 Å². The van der Waals surface area contributed by atoms with Gasteiger partial charge in [0, 0.05) is 39.4 Å². The van der Waals surface area contributed by atoms with Crippen LogP contribution in [0.4, 0.5) is 5.13 Å². The lowest BCUT2D eigenvalue weighted by Crippen LogP contribution is -2.43. The largest absolute Gasteiger partial charge is 0.379 e. The lowest BCUT2D eigenvalue weighted by atomic mass is 10.1. The fourth-order valence-corrected chi connectivity index (χ4v) is 4.59. The maximum absolute atomic E-state index is 13.3. The number of benzene rings is 1. The molecule has 2 aromatic heterocycles. The van der Waals surface area contributed by atoms with Gasteiger partial charge in [0.2, 0.25) is 0 Å². The average molecular weight is 436 g/mol. The van der Waals surface area contributed by atoms with Gasteiger partial charge in [0.1, 0.15) is 5.69 Å². The predicted octanol–water partition coefficient (Wildman–Crippen LogP) is 3.05. The van der Waals surface area contributed by atoms with E-state index >= 15 is 0 Å². The molecule has 0 saturated carbocycles. The monoisotopic (exact) mass is 435 g/mol. The Morgan fingerprint density at radius 2 is 2.03 bits per heavy atom. The summed E-state index contributed by atoms with van der Waals surface area (Å²) in [5, 5.41) is 4.90. The van der Waals surface area contributed by atoms with Gasteiger partial charge in [-0.05, 0) is 37.1 Å². The zero-order valence-corrected chi connectivity index (χ0v) is 18.6. The number of hydrogen-bond acceptors (Lipinski definition) is 6. The van der Waals surface area contributed by atoms with Crippen molar-refractivity contribution >= 4 is 45.0 Å². The summed E-state index contributed by atoms with van der Waals surface area (Å²) in [4.78, 5) is 22.3. The van der Waals surface area contributed by atoms with E-state index in [0.29, 0.717) is 12.2 Å². The molecular formula is C20H26ClN5O2S. The normalized spacial score (nSPS) is 14.7. The van der Waals surface area contributed by atoms with Crippen LogP contribution in [0, 0.1) is 13.8 Å². The Kier molecular flexibility index (Phi) is 6.89. The molecule has 1 amide bonds. The summed E-state index contributed by atoms with van der Waals surface area (Å²) in [6.45, 7) is 8.83. The number of anilines is 1. The molecule has 156 valence electrons. The van der Waals surface area contributed by atoms with Crippen molar-refractivity contribution in [3.63, 3.8) is 0 Å². The Morgan fingerprint density at radius 1 is 1.28 bits per heavy atom. The summed E-state index contributed by atoms with van der Waals surface area (Å²) in [6.07, 6.45) is 1.65. The molecule has 0 atom stereocenters. The Bertz CT molecular complexity index is 996. The summed E-state index contributed by atoms with van der Waals surface area (Å²) >= 11 is 1.58. The number of fused-ring (bicyclic) bond motifs is 1. The van der Waals surface area contributed by atoms with Gasteiger partial charge in [0.25, 0.3) is 5.91 Å². The third-order valence-electron chi connectivity index (χ3n) is 5.07. The van der Waals surface area contributed by atoms with E-state index in [-0.39, 0.29) is 18.3 Å². The fourth-order valence-electron chi connectivity index (χ4n) is 3.55. The van der Waals surface area contributed by atoms with E-state index in [0.717, 1.165) is 48.2 Å². The van der Waals surface area contributed by atoms with Crippen LogP contribution in [-0.4, -0.2) is 65.0 Å². The van der Waals surface area contributed by atoms with E-state index in [9.17, 15) is 4.79 Å². The number of carbonyl (C=O) groups excluding carboxylic acids is 1. The zero-order valence-electron chi connectivity index (χ0n) is 16.9. The molecule has 0 unspecified atom stereocenters. The van der Waals surface area contributed by atoms with Crippen molar-refractivity contribution in [1.82, 2.24) is 19.7 Å². The van der Waals surface area contributed by atoms with Crippen molar-refractivity contribution in [3.8, 4) is 0 Å². The number of aromatic nitrogens is 3. The van der Waals surface area contributed by atoms with Crippen LogP contribution in [0.15, 0.2) is 24.4 Å². The molecule has 3 aromatic rings. The van der Waals surface area contributed by atoms with Gasteiger partial charge in [-0.25, -0.2) is 4.98 Å². The molecule has 1 saturated heterocycles. The van der Waals surface area contributed by atoms with Gasteiger partial charge in [0.05, 0.1) is 23.4 Å². The predicted molar refractivity (Wildman–Crippen MR) is 118 cm³/mol. The molecule has 1 aromatic carbocycles. The smallest absolute Gasteiger partial charge is 0.278 e. The highest BCUT2D eigenvalue weighted by molar-refractivity contribution is 7.22. The van der Waals surface area contributed by atoms with Crippen LogP contribution in [0.1, 0.15) is 21.6 Å². The minimum absolute atomic E-state index is 0. The van der Waals surface area contributed by atoms with Crippen LogP contribution in [-0.2, 0) is 11.8 Å². The van der Waals surface area contributed by atoms with Gasteiger partial charge >= 0.3 is 0 Å². The Hall–Kier alpha value is -2.00. The van der Waals surface area contributed by atoms with Crippen LogP contribution < -0.4 is 4.90 Å². The number of morpholine rings is 1. The first-order valence-corrected chi connectivity index (χ1v) is 10.3. The molecule has 29 heavy (non-hydrogen) atoms. The highest BCUT2D eigenvalue weighted by Gasteiger charge is 2.25. The standard InChI is InChI=1S/C20H25N5O2S.ClH/c1-14-12-15(2)18-16(13-14)22-20(28-18)25(7-6-24-8-10-27-11-9-24)19(26)17-4-5-21-23(17)3;/h4-5,12-13H,6-11H2,1-3H3;1H. The Labute approximate surface area is 180 Å². The first-order chi connectivity index (χ1) is 13.5. The molecule has 0 spiro atoms. The zero-order chi connectivity index (χ0) is 19.7. The van der Waals surface area contributed by atoms with Gasteiger partial charge in [-0.3, -0.25) is 19.3 Å². The second-order valence-electron chi connectivity index (χ2n) is 7.18. The summed E-state index contributed by atoms with van der Waals surface area (Å²) in [6, 6.07) is 6.00. The van der Waals surface area contributed by atoms with Gasteiger partial charge in [-0.2, -0.15) is 5.10 Å². The first kappa shape index (κ1) is 21.7. The van der Waals surface area contributed by atoms with Crippen LogP contribution in [0.5, 0.6) is 0 Å². The van der Waals surface area contributed by atoms with Crippen molar-refractivity contribution in [1.29, 1.82) is 0 Å². The molecular weight excluding hydrogens is 410 g/mol. The molecule has 1 fully saturated rings. The van der Waals surface area contributed by atoms with E-state index in [2.05, 4.69) is 36.0 Å². The van der Waals surface area contributed by atoms with E-state index in [4.69, 9.17) is 9.72 Å². The highest BCUT2D eigenvalue weighted by Crippen LogP contribution is 2.32. The van der Waals surface area contributed by atoms with E-state index in [1.807, 2.05) is 0 Å². The molecule has 3 heterocycles. The number of aryl methyl sites for hydroxylation is 3. The van der Waals surface area contributed by atoms with Crippen LogP contribution in [0.3, 0.4) is 0 Å². The third kappa shape index (κ3) is 4.61. The topological polar surface area (TPSA) is 63.5 Å². The minimum atomic E-state index is -0.0679. The fraction of sp³-hybridized carbons (Fsp3) is 0.450. The number of rotatable bonds is 5. The number of nitrogens with zero attached hydrogens (tertiary/aromatic N) is 5. The third-order valence-corrected chi connectivity index (χ3v) is 6.30. The van der Waals surface area contributed by atoms with Gasteiger partial charge in [0.15, 0.2) is 5.13 Å². The highest BCUT2D eigenvalue weighted by atomic mass is 35.5. The van der Waals surface area contributed by atoms with Crippen molar-refractivity contribution in [3.05, 3.63) is 41.2 Å². The summed E-state index contributed by atoms with van der Waals surface area (Å²) in [5.41, 5.74) is 3.89. The molecule has 0 aliphatic carbocycles. The van der Waals surface area contributed by atoms with E-state index in [1.54, 1.807) is 40.2 Å². The molecule has 4 rings (SSSR count). The minimum Gasteiger partial charge on any atom is -0.379 e. The molecule has 9 heteroatoms. The van der Waals surface area contributed by atoms with Crippen LogP contribution in [0.25, 0.3) is 10.2 Å². The first-order valence-electron chi connectivity index (χ1n) is 9.50. The number of amides is 1. The van der Waals surface area contributed by atoms with Crippen LogP contribution in [0.2, 0.25) is 0 Å². The quantitative estimate of drug-likeness (QED) is 0.616. The Morgan fingerprint density at radius 3 is 2.72 bits per heavy atom. The lowest BCUT2D eigenvalue weighted by Gasteiger charge is -2.29. The number of thiazole rings is 1. The molecule has 7 nitrogen and oxygen atoms in total. The number of halogens is 1. The van der Waals surface area contributed by atoms with Crippen molar-refractivity contribution in [2.45, 2.75) is 13.8 Å². The molecule has 1 aliphatic rings. The van der Waals surface area contributed by atoms with Crippen molar-refractivity contribution in [2.24, 2.45) is 7.05 Å². The molecule has 0 bridgehead atoms. The van der Waals surface area contributed by atoms with E-state index in [1.165, 1.54) is 11.1 Å². The maximum atomic E-state index is 13.3. The lowest BCUT2D eigenvalue weighted by molar-refractivity contribution is 0.0391. The number of hydrogen-bond donors (Lipinski definition) is 0. The SMILES string of the molecule is Cc1cc(C)c2sc(N(CCN3CCOCC3)C(=O)c3ccnn3C)nc2c1.Cl. The molecule has 0 radical (unpaired) electrons. The van der Waals surface area contributed by atoms with Crippen molar-refractivity contribution in [2.75, 3.05) is 44.3 Å². The maximum Gasteiger partial charge on any atom is 0.278 e. The second-order valence-corrected chi connectivity index (χ2v) is 8.15. The summed E-state index contributed by atoms with van der Waals surface area (Å²) in [5.74, 6) is -0.0679. The number of ether oxygens (including phenoxy) is 1. The van der Waals surface area contributed by atoms with E-state index < -0.39 is 0 Å². The molecule has 0 N–H and O–H groups in total. The number of carbonyl (C=O) groups is 1. The summed E-state index contributed by atoms with van der Waals surface area (Å²) < 4.78 is 8.19. The van der Waals surface area contributed by atoms with Crippen LogP contribution >= 0.6 is 23.7 Å². The summed E-state index contributed by atoms with van der Waals surface area (Å²) in [7, 11) is 1.79. The van der Waals surface area contributed by atoms with Gasteiger partial charge in [-0.1, -0.05) is 17.4 Å². The van der Waals surface area contributed by atoms with Gasteiger partial charge < -0.3 is 4.74 Å². The van der Waals surface area contributed by atoms with Gasteiger partial charge in [-0.15, -0.1) is 12.4 Å².